The number of benzene rings is 1. The molecule has 1 aliphatic heterocycles. The Morgan fingerprint density at radius 1 is 1.37 bits per heavy atom. The van der Waals surface area contributed by atoms with Crippen LogP contribution in [0.2, 0.25) is 5.15 Å². The number of nitrogens with one attached hydrogen (secondary N) is 1. The molecule has 4 rings (SSSR count). The topological polar surface area (TPSA) is 67.3 Å². The Bertz CT molecular complexity index is 960. The van der Waals surface area contributed by atoms with Crippen LogP contribution in [0.5, 0.6) is 5.75 Å². The van der Waals surface area contributed by atoms with E-state index in [0.717, 1.165) is 40.5 Å². The number of pyridine rings is 1. The summed E-state index contributed by atoms with van der Waals surface area (Å²) in [4.78, 5) is 23.6. The van der Waals surface area contributed by atoms with Crippen LogP contribution < -0.4 is 15.0 Å². The summed E-state index contributed by atoms with van der Waals surface area (Å²) in [5.41, 5.74) is 1.61. The number of aromatic nitrogens is 2. The second-order valence-corrected chi connectivity index (χ2v) is 7.87. The summed E-state index contributed by atoms with van der Waals surface area (Å²) in [5.74, 6) is 0.743. The van der Waals surface area contributed by atoms with E-state index in [9.17, 15) is 4.79 Å². The van der Waals surface area contributed by atoms with E-state index in [1.807, 2.05) is 18.2 Å². The lowest BCUT2D eigenvalue weighted by Gasteiger charge is -2.31. The summed E-state index contributed by atoms with van der Waals surface area (Å²) in [7, 11) is 1.66. The molecule has 1 unspecified atom stereocenters. The number of piperidine rings is 1. The zero-order valence-corrected chi connectivity index (χ0v) is 16.4. The van der Waals surface area contributed by atoms with Gasteiger partial charge in [-0.25, -0.2) is 9.97 Å². The number of carbonyl (C=O) groups excluding carboxylic acids is 1. The van der Waals surface area contributed by atoms with E-state index in [-0.39, 0.29) is 11.8 Å². The molecular weight excluding hydrogens is 384 g/mol. The monoisotopic (exact) mass is 402 g/mol. The molecule has 1 aliphatic rings. The fourth-order valence-electron chi connectivity index (χ4n) is 3.21. The fraction of sp³-hybridized carbons (Fsp3) is 0.316. The molecule has 0 bridgehead atoms. The van der Waals surface area contributed by atoms with Crippen LogP contribution in [0.3, 0.4) is 0 Å². The van der Waals surface area contributed by atoms with Crippen LogP contribution in [0.25, 0.3) is 10.2 Å². The third kappa shape index (κ3) is 3.99. The van der Waals surface area contributed by atoms with E-state index in [0.29, 0.717) is 17.4 Å². The third-order valence-corrected chi connectivity index (χ3v) is 5.94. The molecule has 6 nitrogen and oxygen atoms in total. The van der Waals surface area contributed by atoms with E-state index in [1.54, 1.807) is 36.8 Å². The number of halogens is 1. The standard InChI is InChI=1S/C19H19ClN4O2S/c1-26-14-5-6-15-16(9-14)27-19(23-15)24-8-2-3-12(11-24)18(25)22-13-4-7-17(20)21-10-13/h4-7,9-10,12H,2-3,8,11H2,1H3,(H,22,25). The fourth-order valence-corrected chi connectivity index (χ4v) is 4.35. The van der Waals surface area contributed by atoms with Crippen molar-refractivity contribution < 1.29 is 9.53 Å². The van der Waals surface area contributed by atoms with Gasteiger partial charge in [-0.2, -0.15) is 0 Å². The second kappa shape index (κ2) is 7.70. The number of amides is 1. The number of nitrogens with zero attached hydrogens (tertiary/aromatic N) is 3. The van der Waals surface area contributed by atoms with E-state index < -0.39 is 0 Å². The van der Waals surface area contributed by atoms with Gasteiger partial charge < -0.3 is 15.0 Å². The zero-order valence-electron chi connectivity index (χ0n) is 14.8. The molecule has 1 saturated heterocycles. The highest BCUT2D eigenvalue weighted by Gasteiger charge is 2.27. The number of anilines is 2. The van der Waals surface area contributed by atoms with Gasteiger partial charge in [-0.05, 0) is 43.2 Å². The quantitative estimate of drug-likeness (QED) is 0.662. The summed E-state index contributed by atoms with van der Waals surface area (Å²) in [5, 5.41) is 4.29. The Morgan fingerprint density at radius 2 is 2.26 bits per heavy atom. The minimum atomic E-state index is -0.0871. The van der Waals surface area contributed by atoms with Crippen LogP contribution in [-0.2, 0) is 4.79 Å². The molecule has 3 aromatic rings. The lowest BCUT2D eigenvalue weighted by Crippen LogP contribution is -2.40. The van der Waals surface area contributed by atoms with Crippen molar-refractivity contribution in [3.05, 3.63) is 41.7 Å². The molecule has 1 aromatic carbocycles. The van der Waals surface area contributed by atoms with E-state index in [4.69, 9.17) is 21.3 Å². The van der Waals surface area contributed by atoms with Crippen LogP contribution in [0.15, 0.2) is 36.5 Å². The number of methoxy groups -OCH3 is 1. The normalized spacial score (nSPS) is 17.1. The second-order valence-electron chi connectivity index (χ2n) is 6.47. The molecule has 140 valence electrons. The SMILES string of the molecule is COc1ccc2nc(N3CCCC(C(=O)Nc4ccc(Cl)nc4)C3)sc2c1. The summed E-state index contributed by atoms with van der Waals surface area (Å²) >= 11 is 7.42. The molecule has 1 atom stereocenters. The van der Waals surface area contributed by atoms with Gasteiger partial charge in [-0.3, -0.25) is 4.79 Å². The maximum Gasteiger partial charge on any atom is 0.229 e. The molecule has 1 N–H and O–H groups in total. The lowest BCUT2D eigenvalue weighted by atomic mass is 9.97. The molecule has 2 aromatic heterocycles. The first-order valence-corrected chi connectivity index (χ1v) is 9.94. The number of ether oxygens (including phenoxy) is 1. The predicted molar refractivity (Wildman–Crippen MR) is 109 cm³/mol. The van der Waals surface area contributed by atoms with E-state index in [1.165, 1.54) is 0 Å². The summed E-state index contributed by atoms with van der Waals surface area (Å²) in [6.45, 7) is 1.56. The van der Waals surface area contributed by atoms with Gasteiger partial charge in [0.15, 0.2) is 5.13 Å². The maximum atomic E-state index is 12.7. The van der Waals surface area contributed by atoms with Crippen molar-refractivity contribution in [2.75, 3.05) is 30.4 Å². The highest BCUT2D eigenvalue weighted by molar-refractivity contribution is 7.22. The van der Waals surface area contributed by atoms with Crippen molar-refractivity contribution in [3.8, 4) is 5.75 Å². The molecule has 3 heterocycles. The van der Waals surface area contributed by atoms with Crippen LogP contribution in [0.4, 0.5) is 10.8 Å². The molecule has 27 heavy (non-hydrogen) atoms. The van der Waals surface area contributed by atoms with Crippen molar-refractivity contribution in [1.82, 2.24) is 9.97 Å². The Balaban J connectivity index is 1.47. The summed E-state index contributed by atoms with van der Waals surface area (Å²) < 4.78 is 6.37. The van der Waals surface area contributed by atoms with Gasteiger partial charge in [0.25, 0.3) is 0 Å². The zero-order chi connectivity index (χ0) is 18.8. The van der Waals surface area contributed by atoms with E-state index >= 15 is 0 Å². The highest BCUT2D eigenvalue weighted by atomic mass is 35.5. The predicted octanol–water partition coefficient (Wildman–Crippen LogP) is 4.21. The number of rotatable bonds is 4. The number of fused-ring (bicyclic) bond motifs is 1. The molecular formula is C19H19ClN4O2S. The maximum absolute atomic E-state index is 12.7. The smallest absolute Gasteiger partial charge is 0.229 e. The van der Waals surface area contributed by atoms with Crippen molar-refractivity contribution in [2.45, 2.75) is 12.8 Å². The van der Waals surface area contributed by atoms with Crippen LogP contribution in [-0.4, -0.2) is 36.1 Å². The minimum absolute atomic E-state index is 0.00611. The largest absolute Gasteiger partial charge is 0.497 e. The van der Waals surface area contributed by atoms with Gasteiger partial charge in [0.05, 0.1) is 35.1 Å². The van der Waals surface area contributed by atoms with Crippen LogP contribution in [0.1, 0.15) is 12.8 Å². The van der Waals surface area contributed by atoms with Crippen LogP contribution in [0, 0.1) is 5.92 Å². The summed E-state index contributed by atoms with van der Waals surface area (Å²) in [6.07, 6.45) is 3.39. The molecule has 8 heteroatoms. The molecule has 0 aliphatic carbocycles. The average Bonchev–Trinajstić information content (AvgIpc) is 3.13. The van der Waals surface area contributed by atoms with Crippen LogP contribution >= 0.6 is 22.9 Å². The third-order valence-electron chi connectivity index (χ3n) is 4.64. The van der Waals surface area contributed by atoms with Gasteiger partial charge in [-0.15, -0.1) is 0 Å². The van der Waals surface area contributed by atoms with Crippen molar-refractivity contribution in [3.63, 3.8) is 0 Å². The number of hydrogen-bond donors (Lipinski definition) is 1. The number of carbonyl (C=O) groups is 1. The Morgan fingerprint density at radius 3 is 3.04 bits per heavy atom. The van der Waals surface area contributed by atoms with Gasteiger partial charge >= 0.3 is 0 Å². The Labute approximate surface area is 166 Å². The lowest BCUT2D eigenvalue weighted by molar-refractivity contribution is -0.120. The molecule has 0 saturated carbocycles. The molecule has 1 fully saturated rings. The number of thiazole rings is 1. The van der Waals surface area contributed by atoms with Crippen molar-refractivity contribution in [1.29, 1.82) is 0 Å². The Hall–Kier alpha value is -2.38. The first kappa shape index (κ1) is 18.0. The average molecular weight is 403 g/mol. The molecule has 0 radical (unpaired) electrons. The molecule has 1 amide bonds. The summed E-state index contributed by atoms with van der Waals surface area (Å²) in [6, 6.07) is 9.31. The van der Waals surface area contributed by atoms with Crippen molar-refractivity contribution >= 4 is 49.9 Å². The highest BCUT2D eigenvalue weighted by Crippen LogP contribution is 2.33. The van der Waals surface area contributed by atoms with Gasteiger partial charge in [0, 0.05) is 13.1 Å². The van der Waals surface area contributed by atoms with E-state index in [2.05, 4.69) is 15.2 Å². The Kier molecular flexibility index (Phi) is 5.13. The number of hydrogen-bond acceptors (Lipinski definition) is 6. The van der Waals surface area contributed by atoms with Gasteiger partial charge in [-0.1, -0.05) is 22.9 Å². The van der Waals surface area contributed by atoms with Crippen molar-refractivity contribution in [2.24, 2.45) is 5.92 Å². The first-order chi connectivity index (χ1) is 13.1. The molecule has 0 spiro atoms. The van der Waals surface area contributed by atoms with Gasteiger partial charge in [0.2, 0.25) is 5.91 Å². The first-order valence-electron chi connectivity index (χ1n) is 8.74. The minimum Gasteiger partial charge on any atom is -0.497 e. The van der Waals surface area contributed by atoms with Gasteiger partial charge in [0.1, 0.15) is 10.9 Å².